The summed E-state index contributed by atoms with van der Waals surface area (Å²) < 4.78 is 27.6. The highest BCUT2D eigenvalue weighted by atomic mass is 32.2. The highest BCUT2D eigenvalue weighted by molar-refractivity contribution is 7.89. The largest absolute Gasteiger partial charge is 0.368 e. The van der Waals surface area contributed by atoms with Crippen LogP contribution in [0.1, 0.15) is 31.7 Å². The molecule has 1 aliphatic rings. The summed E-state index contributed by atoms with van der Waals surface area (Å²) in [4.78, 5) is 8.37. The average molecular weight is 361 g/mol. The van der Waals surface area contributed by atoms with Gasteiger partial charge in [-0.3, -0.25) is 0 Å². The van der Waals surface area contributed by atoms with Gasteiger partial charge in [-0.25, -0.2) is 13.4 Å². The molecule has 1 atom stereocenters. The van der Waals surface area contributed by atoms with Crippen molar-refractivity contribution in [3.05, 3.63) is 36.0 Å². The van der Waals surface area contributed by atoms with Crippen molar-refractivity contribution in [3.63, 3.8) is 0 Å². The van der Waals surface area contributed by atoms with E-state index in [1.54, 1.807) is 34.8 Å². The number of nitrogens with one attached hydrogen (secondary N) is 1. The highest BCUT2D eigenvalue weighted by Gasteiger charge is 2.31. The smallest absolute Gasteiger partial charge is 0.243 e. The number of nitrogens with zero attached hydrogens (tertiary/aromatic N) is 3. The molecule has 134 valence electrons. The maximum Gasteiger partial charge on any atom is 0.243 e. The normalized spacial score (nSPS) is 18.9. The van der Waals surface area contributed by atoms with E-state index in [1.165, 1.54) is 0 Å². The minimum absolute atomic E-state index is 0.0271. The van der Waals surface area contributed by atoms with Crippen molar-refractivity contribution in [1.82, 2.24) is 14.3 Å². The molecule has 1 saturated heterocycles. The van der Waals surface area contributed by atoms with Crippen LogP contribution >= 0.6 is 0 Å². The molecule has 0 bridgehead atoms. The van der Waals surface area contributed by atoms with Gasteiger partial charge in [-0.15, -0.1) is 0 Å². The molecule has 0 aliphatic carbocycles. The zero-order valence-corrected chi connectivity index (χ0v) is 15.3. The van der Waals surface area contributed by atoms with Gasteiger partial charge in [0.05, 0.1) is 4.90 Å². The van der Waals surface area contributed by atoms with Crippen LogP contribution in [0.2, 0.25) is 0 Å². The Kier molecular flexibility index (Phi) is 4.91. The summed E-state index contributed by atoms with van der Waals surface area (Å²) in [7, 11) is -3.51. The Morgan fingerprint density at radius 2 is 2.12 bits per heavy atom. The zero-order chi connectivity index (χ0) is 18.0. The molecule has 3 N–H and O–H groups in total. The summed E-state index contributed by atoms with van der Waals surface area (Å²) in [6.07, 6.45) is 4.50. The number of anilines is 3. The van der Waals surface area contributed by atoms with E-state index in [0.717, 1.165) is 24.8 Å². The van der Waals surface area contributed by atoms with E-state index in [1.807, 2.05) is 13.8 Å². The van der Waals surface area contributed by atoms with Gasteiger partial charge in [0.25, 0.3) is 0 Å². The van der Waals surface area contributed by atoms with Gasteiger partial charge >= 0.3 is 0 Å². The van der Waals surface area contributed by atoms with Crippen LogP contribution in [0, 0.1) is 6.92 Å². The van der Waals surface area contributed by atoms with Gasteiger partial charge in [-0.1, -0.05) is 12.5 Å². The van der Waals surface area contributed by atoms with Gasteiger partial charge in [0.15, 0.2) is 0 Å². The summed E-state index contributed by atoms with van der Waals surface area (Å²) in [5, 5.41) is 3.13. The lowest BCUT2D eigenvalue weighted by Crippen LogP contribution is -2.41. The molecular formula is C17H23N5O2S. The lowest BCUT2D eigenvalue weighted by Gasteiger charge is -2.32. The number of nitrogen functional groups attached to an aromatic ring is 1. The second-order valence-electron chi connectivity index (χ2n) is 6.37. The van der Waals surface area contributed by atoms with Gasteiger partial charge < -0.3 is 11.1 Å². The predicted molar refractivity (Wildman–Crippen MR) is 98.1 cm³/mol. The Hall–Kier alpha value is -2.19. The van der Waals surface area contributed by atoms with E-state index < -0.39 is 10.0 Å². The molecule has 1 unspecified atom stereocenters. The van der Waals surface area contributed by atoms with E-state index in [0.29, 0.717) is 18.1 Å². The second kappa shape index (κ2) is 6.97. The Labute approximate surface area is 148 Å². The summed E-state index contributed by atoms with van der Waals surface area (Å²) in [5.74, 6) is 0.729. The third kappa shape index (κ3) is 3.74. The van der Waals surface area contributed by atoms with Crippen molar-refractivity contribution in [2.45, 2.75) is 44.0 Å². The van der Waals surface area contributed by atoms with Gasteiger partial charge in [0, 0.05) is 30.0 Å². The van der Waals surface area contributed by atoms with Crippen LogP contribution < -0.4 is 11.1 Å². The number of hydrogen-bond acceptors (Lipinski definition) is 6. The van der Waals surface area contributed by atoms with Crippen LogP contribution in [0.3, 0.4) is 0 Å². The monoisotopic (exact) mass is 361 g/mol. The molecule has 1 aromatic heterocycles. The molecular weight excluding hydrogens is 338 g/mol. The van der Waals surface area contributed by atoms with Gasteiger partial charge in [-0.2, -0.15) is 9.29 Å². The molecule has 25 heavy (non-hydrogen) atoms. The van der Waals surface area contributed by atoms with Crippen LogP contribution in [-0.2, 0) is 10.0 Å². The van der Waals surface area contributed by atoms with Crippen molar-refractivity contribution in [1.29, 1.82) is 0 Å². The number of aromatic nitrogens is 2. The van der Waals surface area contributed by atoms with Crippen LogP contribution in [0.15, 0.2) is 35.4 Å². The number of piperidine rings is 1. The maximum atomic E-state index is 13.0. The van der Waals surface area contributed by atoms with Crippen LogP contribution in [0.4, 0.5) is 17.5 Å². The van der Waals surface area contributed by atoms with Gasteiger partial charge in [-0.05, 0) is 44.9 Å². The maximum absolute atomic E-state index is 13.0. The van der Waals surface area contributed by atoms with Gasteiger partial charge in [0.1, 0.15) is 5.82 Å². The first-order valence-electron chi connectivity index (χ1n) is 8.36. The Balaban J connectivity index is 1.89. The number of benzene rings is 1. The number of nitrogens with two attached hydrogens (primary N) is 1. The summed E-state index contributed by atoms with van der Waals surface area (Å²) in [5.41, 5.74) is 7.10. The average Bonchev–Trinajstić information content (AvgIpc) is 2.59. The third-order valence-corrected chi connectivity index (χ3v) is 6.45. The first-order chi connectivity index (χ1) is 11.9. The topological polar surface area (TPSA) is 101 Å². The standard InChI is InChI=1S/C17H23N5O2S/c1-12-11-19-17(18)21-16(12)20-14-7-5-8-15(10-14)25(23,24)22-9-4-3-6-13(22)2/h5,7-8,10-11,13H,3-4,6,9H2,1-2H3,(H3,18,19,20,21). The van der Waals surface area contributed by atoms with E-state index in [2.05, 4.69) is 15.3 Å². The molecule has 8 heteroatoms. The molecule has 1 aromatic carbocycles. The summed E-state index contributed by atoms with van der Waals surface area (Å²) in [6.45, 7) is 4.40. The molecule has 0 amide bonds. The number of hydrogen-bond donors (Lipinski definition) is 2. The van der Waals surface area contributed by atoms with E-state index >= 15 is 0 Å². The minimum Gasteiger partial charge on any atom is -0.368 e. The van der Waals surface area contributed by atoms with Crippen molar-refractivity contribution in [2.24, 2.45) is 0 Å². The quantitative estimate of drug-likeness (QED) is 0.868. The molecule has 0 saturated carbocycles. The van der Waals surface area contributed by atoms with Crippen LogP contribution in [-0.4, -0.2) is 35.3 Å². The first kappa shape index (κ1) is 17.6. The zero-order valence-electron chi connectivity index (χ0n) is 14.4. The molecule has 3 rings (SSSR count). The SMILES string of the molecule is Cc1cnc(N)nc1Nc1cccc(S(=O)(=O)N2CCCCC2C)c1. The summed E-state index contributed by atoms with van der Waals surface area (Å²) >= 11 is 0. The Morgan fingerprint density at radius 3 is 2.88 bits per heavy atom. The first-order valence-corrected chi connectivity index (χ1v) is 9.80. The lowest BCUT2D eigenvalue weighted by atomic mass is 10.1. The molecule has 2 aromatic rings. The van der Waals surface area contributed by atoms with Crippen molar-refractivity contribution in [3.8, 4) is 0 Å². The molecule has 1 aliphatic heterocycles. The van der Waals surface area contributed by atoms with Crippen LogP contribution in [0.25, 0.3) is 0 Å². The molecule has 1 fully saturated rings. The van der Waals surface area contributed by atoms with Crippen molar-refractivity contribution < 1.29 is 8.42 Å². The molecule has 7 nitrogen and oxygen atoms in total. The highest BCUT2D eigenvalue weighted by Crippen LogP contribution is 2.27. The fourth-order valence-corrected chi connectivity index (χ4v) is 4.76. The fourth-order valence-electron chi connectivity index (χ4n) is 3.02. The lowest BCUT2D eigenvalue weighted by molar-refractivity contribution is 0.268. The Morgan fingerprint density at radius 1 is 1.32 bits per heavy atom. The Bertz CT molecular complexity index is 869. The van der Waals surface area contributed by atoms with E-state index in [4.69, 9.17) is 5.73 Å². The van der Waals surface area contributed by atoms with Crippen molar-refractivity contribution in [2.75, 3.05) is 17.6 Å². The second-order valence-corrected chi connectivity index (χ2v) is 8.26. The number of sulfonamides is 1. The fraction of sp³-hybridized carbons (Fsp3) is 0.412. The molecule has 0 radical (unpaired) electrons. The van der Waals surface area contributed by atoms with Crippen molar-refractivity contribution >= 4 is 27.5 Å². The molecule has 0 spiro atoms. The number of rotatable bonds is 4. The number of aryl methyl sites for hydroxylation is 1. The van der Waals surface area contributed by atoms with E-state index in [-0.39, 0.29) is 16.9 Å². The van der Waals surface area contributed by atoms with Crippen LogP contribution in [0.5, 0.6) is 0 Å². The third-order valence-electron chi connectivity index (χ3n) is 4.44. The summed E-state index contributed by atoms with van der Waals surface area (Å²) in [6, 6.07) is 6.82. The predicted octanol–water partition coefficient (Wildman–Crippen LogP) is 2.67. The van der Waals surface area contributed by atoms with Gasteiger partial charge in [0.2, 0.25) is 16.0 Å². The molecule has 2 heterocycles. The van der Waals surface area contributed by atoms with E-state index in [9.17, 15) is 8.42 Å². The minimum atomic E-state index is -3.51.